The fourth-order valence-electron chi connectivity index (χ4n) is 2.25. The van der Waals surface area contributed by atoms with E-state index in [1.54, 1.807) is 32.9 Å². The van der Waals surface area contributed by atoms with Crippen molar-refractivity contribution in [2.45, 2.75) is 33.8 Å². The Morgan fingerprint density at radius 2 is 1.58 bits per heavy atom. The summed E-state index contributed by atoms with van der Waals surface area (Å²) in [5.74, 6) is -1.74. The van der Waals surface area contributed by atoms with Gasteiger partial charge in [-0.1, -0.05) is 54.1 Å². The van der Waals surface area contributed by atoms with E-state index in [1.165, 1.54) is 0 Å². The third-order valence-electron chi connectivity index (χ3n) is 3.67. The highest BCUT2D eigenvalue weighted by Crippen LogP contribution is 2.32. The number of aliphatic carboxylic acids is 1. The molecule has 0 spiro atoms. The van der Waals surface area contributed by atoms with Crippen molar-refractivity contribution in [3.05, 3.63) is 59.7 Å². The number of hydrogen-bond acceptors (Lipinski definition) is 3. The van der Waals surface area contributed by atoms with Crippen LogP contribution in [0.1, 0.15) is 38.0 Å². The zero-order valence-electron chi connectivity index (χ0n) is 14.4. The molecule has 0 radical (unpaired) electrons. The Morgan fingerprint density at radius 1 is 1.00 bits per heavy atom. The highest BCUT2D eigenvalue weighted by atomic mass is 16.6. The van der Waals surface area contributed by atoms with E-state index in [4.69, 9.17) is 4.74 Å². The molecule has 1 unspecified atom stereocenters. The zero-order chi connectivity index (χ0) is 17.9. The molecular formula is C20H22O4. The van der Waals surface area contributed by atoms with Crippen molar-refractivity contribution in [1.82, 2.24) is 0 Å². The highest BCUT2D eigenvalue weighted by molar-refractivity contribution is 5.84. The number of ether oxygens (including phenoxy) is 1. The van der Waals surface area contributed by atoms with Crippen LogP contribution >= 0.6 is 0 Å². The van der Waals surface area contributed by atoms with Crippen LogP contribution in [0, 0.1) is 12.3 Å². The molecule has 2 rings (SSSR count). The van der Waals surface area contributed by atoms with Gasteiger partial charge in [-0.3, -0.25) is 4.79 Å². The molecule has 0 amide bonds. The van der Waals surface area contributed by atoms with Gasteiger partial charge in [-0.2, -0.15) is 0 Å². The van der Waals surface area contributed by atoms with Gasteiger partial charge >= 0.3 is 11.9 Å². The summed E-state index contributed by atoms with van der Waals surface area (Å²) >= 11 is 0. The fourth-order valence-corrected chi connectivity index (χ4v) is 2.25. The Morgan fingerprint density at radius 3 is 2.12 bits per heavy atom. The number of rotatable bonds is 4. The standard InChI is InChI=1S/C20H22O4/c1-13-9-11-14(12-10-13)15-7-5-6-8-16(15)17(18(21)22)24-19(23)20(2,3)4/h5-12,17H,1-4H3,(H,21,22). The second-order valence-electron chi connectivity index (χ2n) is 6.83. The molecule has 0 saturated heterocycles. The maximum absolute atomic E-state index is 12.2. The maximum atomic E-state index is 12.2. The quantitative estimate of drug-likeness (QED) is 0.847. The van der Waals surface area contributed by atoms with Crippen LogP contribution < -0.4 is 0 Å². The third kappa shape index (κ3) is 4.02. The molecular weight excluding hydrogens is 304 g/mol. The van der Waals surface area contributed by atoms with Crippen molar-refractivity contribution in [3.8, 4) is 11.1 Å². The lowest BCUT2D eigenvalue weighted by Gasteiger charge is -2.22. The van der Waals surface area contributed by atoms with E-state index in [9.17, 15) is 14.7 Å². The third-order valence-corrected chi connectivity index (χ3v) is 3.67. The van der Waals surface area contributed by atoms with Gasteiger partial charge in [-0.25, -0.2) is 4.79 Å². The Balaban J connectivity index is 2.46. The van der Waals surface area contributed by atoms with Crippen LogP contribution in [-0.4, -0.2) is 17.0 Å². The molecule has 4 nitrogen and oxygen atoms in total. The Labute approximate surface area is 142 Å². The van der Waals surface area contributed by atoms with E-state index in [2.05, 4.69) is 0 Å². The topological polar surface area (TPSA) is 63.6 Å². The van der Waals surface area contributed by atoms with Crippen LogP contribution in [0.2, 0.25) is 0 Å². The summed E-state index contributed by atoms with van der Waals surface area (Å²) in [5.41, 5.74) is 2.43. The molecule has 0 fully saturated rings. The first-order chi connectivity index (χ1) is 11.2. The summed E-state index contributed by atoms with van der Waals surface area (Å²) in [6, 6.07) is 14.9. The van der Waals surface area contributed by atoms with Crippen molar-refractivity contribution < 1.29 is 19.4 Å². The summed E-state index contributed by atoms with van der Waals surface area (Å²) in [4.78, 5) is 23.9. The molecule has 0 saturated carbocycles. The smallest absolute Gasteiger partial charge is 0.349 e. The lowest BCUT2D eigenvalue weighted by molar-refractivity contribution is -0.170. The summed E-state index contributed by atoms with van der Waals surface area (Å²) in [7, 11) is 0. The molecule has 1 atom stereocenters. The maximum Gasteiger partial charge on any atom is 0.349 e. The first-order valence-corrected chi connectivity index (χ1v) is 7.80. The Bertz CT molecular complexity index is 739. The van der Waals surface area contributed by atoms with Gasteiger partial charge in [0, 0.05) is 5.56 Å². The second kappa shape index (κ2) is 6.87. The van der Waals surface area contributed by atoms with Crippen LogP contribution in [0.5, 0.6) is 0 Å². The average molecular weight is 326 g/mol. The van der Waals surface area contributed by atoms with E-state index >= 15 is 0 Å². The first-order valence-electron chi connectivity index (χ1n) is 7.80. The fraction of sp³-hybridized carbons (Fsp3) is 0.300. The number of carbonyl (C=O) groups excluding carboxylic acids is 1. The largest absolute Gasteiger partial charge is 0.478 e. The summed E-state index contributed by atoms with van der Waals surface area (Å²) in [5, 5.41) is 9.58. The molecule has 0 aliphatic rings. The van der Waals surface area contributed by atoms with Gasteiger partial charge < -0.3 is 9.84 Å². The van der Waals surface area contributed by atoms with Crippen LogP contribution in [0.3, 0.4) is 0 Å². The lowest BCUT2D eigenvalue weighted by atomic mass is 9.94. The molecule has 0 aromatic heterocycles. The average Bonchev–Trinajstić information content (AvgIpc) is 2.52. The molecule has 0 aliphatic heterocycles. The van der Waals surface area contributed by atoms with Gasteiger partial charge in [0.05, 0.1) is 5.41 Å². The van der Waals surface area contributed by atoms with E-state index < -0.39 is 23.5 Å². The monoisotopic (exact) mass is 326 g/mol. The van der Waals surface area contributed by atoms with Gasteiger partial charge in [-0.15, -0.1) is 0 Å². The van der Waals surface area contributed by atoms with Crippen molar-refractivity contribution in [3.63, 3.8) is 0 Å². The highest BCUT2D eigenvalue weighted by Gasteiger charge is 2.32. The minimum Gasteiger partial charge on any atom is -0.478 e. The van der Waals surface area contributed by atoms with Crippen LogP contribution in [0.25, 0.3) is 11.1 Å². The van der Waals surface area contributed by atoms with Crippen molar-refractivity contribution in [1.29, 1.82) is 0 Å². The number of aryl methyl sites for hydroxylation is 1. The minimum absolute atomic E-state index is 0.464. The summed E-state index contributed by atoms with van der Waals surface area (Å²) in [6.45, 7) is 7.07. The van der Waals surface area contributed by atoms with E-state index in [0.29, 0.717) is 5.56 Å². The summed E-state index contributed by atoms with van der Waals surface area (Å²) < 4.78 is 5.31. The number of hydrogen-bond donors (Lipinski definition) is 1. The Hall–Kier alpha value is -2.62. The van der Waals surface area contributed by atoms with Crippen molar-refractivity contribution >= 4 is 11.9 Å². The molecule has 1 N–H and O–H groups in total. The second-order valence-corrected chi connectivity index (χ2v) is 6.83. The number of esters is 1. The van der Waals surface area contributed by atoms with Gasteiger partial charge in [-0.05, 0) is 38.8 Å². The molecule has 4 heteroatoms. The number of benzene rings is 2. The molecule has 0 aliphatic carbocycles. The first kappa shape index (κ1) is 17.7. The predicted molar refractivity (Wildman–Crippen MR) is 92.5 cm³/mol. The number of carboxylic acid groups (broad SMARTS) is 1. The molecule has 0 heterocycles. The molecule has 0 bridgehead atoms. The molecule has 24 heavy (non-hydrogen) atoms. The van der Waals surface area contributed by atoms with Crippen LogP contribution in [0.15, 0.2) is 48.5 Å². The van der Waals surface area contributed by atoms with E-state index in [0.717, 1.165) is 16.7 Å². The van der Waals surface area contributed by atoms with E-state index in [-0.39, 0.29) is 0 Å². The summed E-state index contributed by atoms with van der Waals surface area (Å²) in [6.07, 6.45) is -1.34. The normalized spacial score (nSPS) is 12.5. The van der Waals surface area contributed by atoms with Crippen molar-refractivity contribution in [2.24, 2.45) is 5.41 Å². The molecule has 126 valence electrons. The van der Waals surface area contributed by atoms with Crippen molar-refractivity contribution in [2.75, 3.05) is 0 Å². The van der Waals surface area contributed by atoms with Gasteiger partial charge in [0.2, 0.25) is 6.10 Å². The van der Waals surface area contributed by atoms with Gasteiger partial charge in [0.25, 0.3) is 0 Å². The number of carbonyl (C=O) groups is 2. The molecule has 2 aromatic rings. The van der Waals surface area contributed by atoms with Crippen LogP contribution in [-0.2, 0) is 14.3 Å². The van der Waals surface area contributed by atoms with Crippen LogP contribution in [0.4, 0.5) is 0 Å². The zero-order valence-corrected chi connectivity index (χ0v) is 14.4. The van der Waals surface area contributed by atoms with Gasteiger partial charge in [0.1, 0.15) is 0 Å². The lowest BCUT2D eigenvalue weighted by Crippen LogP contribution is -2.28. The van der Waals surface area contributed by atoms with Gasteiger partial charge in [0.15, 0.2) is 0 Å². The van der Waals surface area contributed by atoms with E-state index in [1.807, 2.05) is 43.3 Å². The Kier molecular flexibility index (Phi) is 5.07. The minimum atomic E-state index is -1.34. The predicted octanol–water partition coefficient (Wildman–Crippen LogP) is 4.38. The number of carboxylic acids is 1. The SMILES string of the molecule is Cc1ccc(-c2ccccc2C(OC(=O)C(C)(C)C)C(=O)O)cc1. The molecule has 2 aromatic carbocycles.